The molecule has 3 N–H and O–H groups in total. The number of nitrogens with zero attached hydrogens (tertiary/aromatic N) is 3. The number of fused-ring (bicyclic) bond motifs is 1. The third-order valence-corrected chi connectivity index (χ3v) is 8.42. The van der Waals surface area contributed by atoms with Gasteiger partial charge in [0, 0.05) is 31.7 Å². The number of esters is 1. The van der Waals surface area contributed by atoms with Crippen LogP contribution in [0.1, 0.15) is 39.3 Å². The number of nitrogen functional groups attached to an aromatic ring is 1. The van der Waals surface area contributed by atoms with Crippen molar-refractivity contribution in [1.29, 1.82) is 0 Å². The van der Waals surface area contributed by atoms with Gasteiger partial charge < -0.3 is 39.7 Å². The third kappa shape index (κ3) is 6.91. The van der Waals surface area contributed by atoms with E-state index in [1.54, 1.807) is 5.38 Å². The quantitative estimate of drug-likeness (QED) is 0.118. The molecule has 3 rings (SSSR count). The Bertz CT molecular complexity index is 1100. The highest BCUT2D eigenvalue weighted by molar-refractivity contribution is 8.00. The lowest BCUT2D eigenvalue weighted by atomic mass is 9.88. The van der Waals surface area contributed by atoms with E-state index in [2.05, 4.69) is 15.5 Å². The molecule has 2 amide bonds. The largest absolute Gasteiger partial charge is 0.511 e. The third-order valence-electron chi connectivity index (χ3n) is 6.16. The second-order valence-electron chi connectivity index (χ2n) is 8.92. The van der Waals surface area contributed by atoms with Crippen molar-refractivity contribution in [3.05, 3.63) is 11.1 Å². The maximum absolute atomic E-state index is 13.2. The summed E-state index contributed by atoms with van der Waals surface area (Å²) in [6.07, 6.45) is -1.19. The van der Waals surface area contributed by atoms with E-state index in [9.17, 15) is 19.2 Å². The number of thioether (sulfide) groups is 1. The molecule has 39 heavy (non-hydrogen) atoms. The van der Waals surface area contributed by atoms with Crippen molar-refractivity contribution < 1.29 is 43.0 Å². The number of carbonyl (C=O) groups excluding carboxylic acids is 4. The summed E-state index contributed by atoms with van der Waals surface area (Å²) in [7, 11) is 2.72. The van der Waals surface area contributed by atoms with Crippen molar-refractivity contribution in [3.63, 3.8) is 0 Å². The number of hydrogen-bond acceptors (Lipinski definition) is 14. The Balaban J connectivity index is 1.62. The molecule has 14 nitrogen and oxygen atoms in total. The highest BCUT2D eigenvalue weighted by Crippen LogP contribution is 2.43. The minimum atomic E-state index is -1.21. The van der Waals surface area contributed by atoms with Crippen LogP contribution in [0.15, 0.2) is 10.5 Å². The molecule has 2 fully saturated rings. The summed E-state index contributed by atoms with van der Waals surface area (Å²) < 4.78 is 21.0. The monoisotopic (exact) mass is 587 g/mol. The Hall–Kier alpha value is -3.11. The normalized spacial score (nSPS) is 23.4. The van der Waals surface area contributed by atoms with Crippen LogP contribution in [0.4, 0.5) is 9.93 Å². The van der Waals surface area contributed by atoms with Gasteiger partial charge in [-0.05, 0) is 12.8 Å². The molecule has 3 unspecified atom stereocenters. The number of amides is 2. The Morgan fingerprint density at radius 3 is 2.56 bits per heavy atom. The number of carbonyl (C=O) groups is 4. The molecule has 0 aliphatic carbocycles. The van der Waals surface area contributed by atoms with E-state index < -0.39 is 41.2 Å². The fourth-order valence-electron chi connectivity index (χ4n) is 4.13. The van der Waals surface area contributed by atoms with Crippen LogP contribution in [-0.4, -0.2) is 96.5 Å². The first-order valence-corrected chi connectivity index (χ1v) is 14.1. The standard InChI is InChI=1S/C23H33N5O9S2/c1-6-13(7-2)37-22(32)36-12(3)35-20(31)23(10-33-4)9-28-18(30)16(19(28)39-11-23)26-17(29)15(27-34-5)14-8-38-21(24)25-14/h8,12-13,16,19H,6-7,9-11H2,1-5H3,(H2,24,25)(H,26,29)/t12?,16?,19-,23?/m1/s1. The predicted molar refractivity (Wildman–Crippen MR) is 142 cm³/mol. The van der Waals surface area contributed by atoms with Gasteiger partial charge in [0.2, 0.25) is 12.2 Å². The van der Waals surface area contributed by atoms with E-state index in [0.717, 1.165) is 11.3 Å². The van der Waals surface area contributed by atoms with Crippen LogP contribution >= 0.6 is 23.1 Å². The fourth-order valence-corrected chi connectivity index (χ4v) is 6.20. The van der Waals surface area contributed by atoms with Crippen molar-refractivity contribution in [3.8, 4) is 0 Å². The zero-order valence-corrected chi connectivity index (χ0v) is 24.0. The Morgan fingerprint density at radius 1 is 1.26 bits per heavy atom. The molecule has 3 heterocycles. The molecule has 4 atom stereocenters. The van der Waals surface area contributed by atoms with Crippen LogP contribution < -0.4 is 11.1 Å². The number of aromatic nitrogens is 1. The first-order chi connectivity index (χ1) is 18.6. The van der Waals surface area contributed by atoms with E-state index in [0.29, 0.717) is 12.8 Å². The molecule has 1 aromatic heterocycles. The Kier molecular flexibility index (Phi) is 10.4. The van der Waals surface area contributed by atoms with Gasteiger partial charge in [0.15, 0.2) is 10.8 Å². The van der Waals surface area contributed by atoms with Crippen molar-refractivity contribution in [1.82, 2.24) is 15.2 Å². The highest BCUT2D eigenvalue weighted by atomic mass is 32.2. The minimum Gasteiger partial charge on any atom is -0.431 e. The molecule has 0 spiro atoms. The topological polar surface area (TPSA) is 181 Å². The van der Waals surface area contributed by atoms with Gasteiger partial charge in [-0.1, -0.05) is 19.0 Å². The van der Waals surface area contributed by atoms with Gasteiger partial charge in [0.05, 0.1) is 6.61 Å². The lowest BCUT2D eigenvalue weighted by Crippen LogP contribution is -2.74. The molecule has 0 radical (unpaired) electrons. The smallest absolute Gasteiger partial charge is 0.431 e. The molecule has 16 heteroatoms. The number of β-lactam (4-membered cyclic amide) rings is 1. The molecule has 0 bridgehead atoms. The first-order valence-electron chi connectivity index (χ1n) is 12.2. The van der Waals surface area contributed by atoms with E-state index >= 15 is 0 Å². The van der Waals surface area contributed by atoms with Crippen LogP contribution in [-0.2, 0) is 38.2 Å². The fraction of sp³-hybridized carbons (Fsp3) is 0.652. The van der Waals surface area contributed by atoms with Crippen molar-refractivity contribution in [2.75, 3.05) is 38.9 Å². The van der Waals surface area contributed by atoms with E-state index in [-0.39, 0.29) is 47.5 Å². The zero-order valence-electron chi connectivity index (χ0n) is 22.3. The van der Waals surface area contributed by atoms with Crippen LogP contribution in [0.5, 0.6) is 0 Å². The number of ether oxygens (including phenoxy) is 4. The lowest BCUT2D eigenvalue weighted by molar-refractivity contribution is -0.186. The average Bonchev–Trinajstić information content (AvgIpc) is 3.34. The Morgan fingerprint density at radius 2 is 1.97 bits per heavy atom. The van der Waals surface area contributed by atoms with Gasteiger partial charge in [-0.3, -0.25) is 14.4 Å². The number of nitrogens with two attached hydrogens (primary N) is 1. The van der Waals surface area contributed by atoms with Crippen molar-refractivity contribution >= 4 is 57.9 Å². The average molecular weight is 588 g/mol. The van der Waals surface area contributed by atoms with Crippen molar-refractivity contribution in [2.45, 2.75) is 57.4 Å². The predicted octanol–water partition coefficient (Wildman–Crippen LogP) is 1.34. The maximum atomic E-state index is 13.2. The Labute approximate surface area is 233 Å². The number of oxime groups is 1. The molecule has 216 valence electrons. The summed E-state index contributed by atoms with van der Waals surface area (Å²) in [5.74, 6) is -1.50. The molecule has 0 aromatic carbocycles. The molecule has 2 aliphatic heterocycles. The number of hydrogen-bond donors (Lipinski definition) is 2. The van der Waals surface area contributed by atoms with E-state index in [1.807, 2.05) is 13.8 Å². The summed E-state index contributed by atoms with van der Waals surface area (Å²) in [6.45, 7) is 5.12. The van der Waals surface area contributed by atoms with E-state index in [4.69, 9.17) is 29.5 Å². The molecule has 1 aromatic rings. The van der Waals surface area contributed by atoms with Gasteiger partial charge >= 0.3 is 12.1 Å². The molecular weight excluding hydrogens is 554 g/mol. The van der Waals surface area contributed by atoms with Crippen LogP contribution in [0, 0.1) is 5.41 Å². The molecular formula is C23H33N5O9S2. The summed E-state index contributed by atoms with van der Waals surface area (Å²) in [6, 6.07) is -0.848. The van der Waals surface area contributed by atoms with Crippen LogP contribution in [0.25, 0.3) is 0 Å². The SMILES string of the molecule is CCC(CC)OC(=O)OC(C)OC(=O)C1(COC)CS[C@@H]2C(NC(=O)C(=NOC)c3csc(N)n3)C(=O)N2C1. The first kappa shape index (κ1) is 30.4. The zero-order chi connectivity index (χ0) is 28.7. The van der Waals surface area contributed by atoms with Crippen LogP contribution in [0.2, 0.25) is 0 Å². The van der Waals surface area contributed by atoms with Gasteiger partial charge in [-0.25, -0.2) is 9.78 Å². The van der Waals surface area contributed by atoms with Gasteiger partial charge in [0.25, 0.3) is 5.91 Å². The summed E-state index contributed by atoms with van der Waals surface area (Å²) >= 11 is 2.43. The van der Waals surface area contributed by atoms with Gasteiger partial charge in [0.1, 0.15) is 35.7 Å². The van der Waals surface area contributed by atoms with Gasteiger partial charge in [-0.2, -0.15) is 0 Å². The number of thiazole rings is 1. The van der Waals surface area contributed by atoms with Crippen LogP contribution in [0.3, 0.4) is 0 Å². The maximum Gasteiger partial charge on any atom is 0.511 e. The number of nitrogens with one attached hydrogen (secondary N) is 1. The highest BCUT2D eigenvalue weighted by Gasteiger charge is 2.58. The second kappa shape index (κ2) is 13.3. The molecule has 0 saturated carbocycles. The number of methoxy groups -OCH3 is 1. The number of rotatable bonds is 12. The molecule has 2 aliphatic rings. The molecule has 2 saturated heterocycles. The lowest BCUT2D eigenvalue weighted by Gasteiger charge is -2.53. The number of anilines is 1. The van der Waals surface area contributed by atoms with E-state index in [1.165, 1.54) is 37.8 Å². The van der Waals surface area contributed by atoms with Gasteiger partial charge in [-0.15, -0.1) is 23.1 Å². The second-order valence-corrected chi connectivity index (χ2v) is 10.9. The minimum absolute atomic E-state index is 0.00487. The summed E-state index contributed by atoms with van der Waals surface area (Å²) in [5.41, 5.74) is 4.55. The summed E-state index contributed by atoms with van der Waals surface area (Å²) in [5, 5.41) is 7.78. The summed E-state index contributed by atoms with van der Waals surface area (Å²) in [4.78, 5) is 61.4. The van der Waals surface area contributed by atoms with Crippen molar-refractivity contribution in [2.24, 2.45) is 10.6 Å².